The minimum absolute atomic E-state index is 1.01. The first-order valence-electron chi connectivity index (χ1n) is 5.95. The standard InChI is InChI=1S/C17H16S/c1-14-7-9-15(10-8-14)11-12-16-5-3-4-6-17(16)13-18-2/h3-10H,13H2,1-2H3. The Labute approximate surface area is 113 Å². The molecule has 0 aliphatic carbocycles. The average Bonchev–Trinajstić information content (AvgIpc) is 2.40. The molecule has 0 amide bonds. The number of hydrogen-bond acceptors (Lipinski definition) is 1. The molecule has 1 heteroatoms. The Morgan fingerprint density at radius 1 is 0.944 bits per heavy atom. The van der Waals surface area contributed by atoms with E-state index in [1.165, 1.54) is 11.1 Å². The fourth-order valence-corrected chi connectivity index (χ4v) is 2.26. The Morgan fingerprint density at radius 2 is 1.67 bits per heavy atom. The van der Waals surface area contributed by atoms with E-state index in [0.717, 1.165) is 16.9 Å². The third-order valence-corrected chi connectivity index (χ3v) is 3.31. The summed E-state index contributed by atoms with van der Waals surface area (Å²) in [7, 11) is 0. The lowest BCUT2D eigenvalue weighted by Crippen LogP contribution is -1.86. The summed E-state index contributed by atoms with van der Waals surface area (Å²) in [6.45, 7) is 2.09. The van der Waals surface area contributed by atoms with E-state index in [1.807, 2.05) is 17.8 Å². The van der Waals surface area contributed by atoms with E-state index in [4.69, 9.17) is 0 Å². The molecule has 0 spiro atoms. The van der Waals surface area contributed by atoms with Gasteiger partial charge in [0.25, 0.3) is 0 Å². The number of benzene rings is 2. The highest BCUT2D eigenvalue weighted by Crippen LogP contribution is 2.13. The summed E-state index contributed by atoms with van der Waals surface area (Å²) in [4.78, 5) is 0. The zero-order valence-electron chi connectivity index (χ0n) is 10.7. The van der Waals surface area contributed by atoms with Crippen LogP contribution in [0.15, 0.2) is 48.5 Å². The zero-order chi connectivity index (χ0) is 12.8. The van der Waals surface area contributed by atoms with E-state index >= 15 is 0 Å². The van der Waals surface area contributed by atoms with Crippen LogP contribution >= 0.6 is 11.8 Å². The molecule has 0 aliphatic rings. The van der Waals surface area contributed by atoms with Crippen molar-refractivity contribution in [3.05, 3.63) is 70.8 Å². The van der Waals surface area contributed by atoms with Crippen LogP contribution in [-0.4, -0.2) is 6.26 Å². The summed E-state index contributed by atoms with van der Waals surface area (Å²) in [6.07, 6.45) is 2.12. The first kappa shape index (κ1) is 12.8. The Balaban J connectivity index is 2.26. The van der Waals surface area contributed by atoms with Crippen LogP contribution in [0.1, 0.15) is 22.3 Å². The Kier molecular flexibility index (Phi) is 4.50. The van der Waals surface area contributed by atoms with E-state index in [9.17, 15) is 0 Å². The molecular formula is C17H16S. The van der Waals surface area contributed by atoms with Gasteiger partial charge in [0.2, 0.25) is 0 Å². The minimum Gasteiger partial charge on any atom is -0.161 e. The molecule has 18 heavy (non-hydrogen) atoms. The molecule has 2 aromatic carbocycles. The molecule has 0 bridgehead atoms. The molecule has 2 aromatic rings. The predicted octanol–water partition coefficient (Wildman–Crippen LogP) is 4.26. The maximum Gasteiger partial charge on any atom is 0.0289 e. The third-order valence-electron chi connectivity index (χ3n) is 2.71. The van der Waals surface area contributed by atoms with Crippen molar-refractivity contribution in [2.75, 3.05) is 6.26 Å². The first-order valence-corrected chi connectivity index (χ1v) is 7.34. The summed E-state index contributed by atoms with van der Waals surface area (Å²) in [5.74, 6) is 7.51. The molecule has 0 saturated carbocycles. The normalized spacial score (nSPS) is 9.67. The molecule has 0 atom stereocenters. The van der Waals surface area contributed by atoms with Crippen molar-refractivity contribution < 1.29 is 0 Å². The van der Waals surface area contributed by atoms with Gasteiger partial charge in [-0.25, -0.2) is 0 Å². The van der Waals surface area contributed by atoms with E-state index in [0.29, 0.717) is 0 Å². The van der Waals surface area contributed by atoms with Crippen LogP contribution in [0.4, 0.5) is 0 Å². The van der Waals surface area contributed by atoms with Gasteiger partial charge >= 0.3 is 0 Å². The quantitative estimate of drug-likeness (QED) is 0.720. The number of hydrogen-bond donors (Lipinski definition) is 0. The largest absolute Gasteiger partial charge is 0.161 e. The maximum absolute atomic E-state index is 3.27. The van der Waals surface area contributed by atoms with E-state index in [2.05, 4.69) is 67.5 Å². The zero-order valence-corrected chi connectivity index (χ0v) is 11.6. The molecule has 0 fully saturated rings. The van der Waals surface area contributed by atoms with Gasteiger partial charge in [-0.2, -0.15) is 11.8 Å². The second-order valence-corrected chi connectivity index (χ2v) is 5.07. The second-order valence-electron chi connectivity index (χ2n) is 4.21. The minimum atomic E-state index is 1.01. The summed E-state index contributed by atoms with van der Waals surface area (Å²) < 4.78 is 0. The number of aryl methyl sites for hydroxylation is 1. The van der Waals surface area contributed by atoms with Crippen molar-refractivity contribution in [1.82, 2.24) is 0 Å². The first-order chi connectivity index (χ1) is 8.79. The van der Waals surface area contributed by atoms with Gasteiger partial charge in [-0.1, -0.05) is 47.7 Å². The molecule has 0 N–H and O–H groups in total. The highest BCUT2D eigenvalue weighted by Gasteiger charge is 1.97. The van der Waals surface area contributed by atoms with Gasteiger partial charge in [-0.15, -0.1) is 0 Å². The van der Waals surface area contributed by atoms with Crippen molar-refractivity contribution >= 4 is 11.8 Å². The smallest absolute Gasteiger partial charge is 0.0289 e. The van der Waals surface area contributed by atoms with Crippen LogP contribution in [0, 0.1) is 18.8 Å². The molecule has 0 aliphatic heterocycles. The molecule has 0 saturated heterocycles. The third kappa shape index (κ3) is 3.42. The molecular weight excluding hydrogens is 236 g/mol. The SMILES string of the molecule is CSCc1ccccc1C#Cc1ccc(C)cc1. The van der Waals surface area contributed by atoms with Crippen molar-refractivity contribution in [2.45, 2.75) is 12.7 Å². The molecule has 2 rings (SSSR count). The van der Waals surface area contributed by atoms with Gasteiger partial charge in [0.15, 0.2) is 0 Å². The van der Waals surface area contributed by atoms with E-state index < -0.39 is 0 Å². The molecule has 90 valence electrons. The molecule has 0 unspecified atom stereocenters. The summed E-state index contributed by atoms with van der Waals surface area (Å²) >= 11 is 1.82. The highest BCUT2D eigenvalue weighted by atomic mass is 32.2. The van der Waals surface area contributed by atoms with Crippen LogP contribution < -0.4 is 0 Å². The average molecular weight is 252 g/mol. The van der Waals surface area contributed by atoms with E-state index in [-0.39, 0.29) is 0 Å². The summed E-state index contributed by atoms with van der Waals surface area (Å²) in [5, 5.41) is 0. The van der Waals surface area contributed by atoms with Crippen LogP contribution in [0.3, 0.4) is 0 Å². The van der Waals surface area contributed by atoms with Gasteiger partial charge in [0, 0.05) is 16.9 Å². The van der Waals surface area contributed by atoms with Gasteiger partial charge in [-0.05, 0) is 36.9 Å². The van der Waals surface area contributed by atoms with Crippen LogP contribution in [0.5, 0.6) is 0 Å². The van der Waals surface area contributed by atoms with Gasteiger partial charge < -0.3 is 0 Å². The lowest BCUT2D eigenvalue weighted by atomic mass is 10.1. The molecule has 0 radical (unpaired) electrons. The van der Waals surface area contributed by atoms with E-state index in [1.54, 1.807) is 0 Å². The van der Waals surface area contributed by atoms with Crippen molar-refractivity contribution in [1.29, 1.82) is 0 Å². The molecule has 0 nitrogen and oxygen atoms in total. The highest BCUT2D eigenvalue weighted by molar-refractivity contribution is 7.97. The van der Waals surface area contributed by atoms with Crippen LogP contribution in [0.2, 0.25) is 0 Å². The second kappa shape index (κ2) is 6.33. The van der Waals surface area contributed by atoms with Gasteiger partial charge in [0.05, 0.1) is 0 Å². The monoisotopic (exact) mass is 252 g/mol. The number of rotatable bonds is 2. The van der Waals surface area contributed by atoms with Crippen molar-refractivity contribution in [3.8, 4) is 11.8 Å². The Hall–Kier alpha value is -1.65. The topological polar surface area (TPSA) is 0 Å². The summed E-state index contributed by atoms with van der Waals surface area (Å²) in [5.41, 5.74) is 4.78. The summed E-state index contributed by atoms with van der Waals surface area (Å²) in [6, 6.07) is 16.7. The fraction of sp³-hybridized carbons (Fsp3) is 0.176. The Morgan fingerprint density at radius 3 is 2.39 bits per heavy atom. The van der Waals surface area contributed by atoms with Crippen molar-refractivity contribution in [2.24, 2.45) is 0 Å². The molecule has 0 aromatic heterocycles. The van der Waals surface area contributed by atoms with Gasteiger partial charge in [-0.3, -0.25) is 0 Å². The molecule has 0 heterocycles. The maximum atomic E-state index is 3.27. The number of thioether (sulfide) groups is 1. The van der Waals surface area contributed by atoms with Crippen LogP contribution in [-0.2, 0) is 5.75 Å². The van der Waals surface area contributed by atoms with Crippen molar-refractivity contribution in [3.63, 3.8) is 0 Å². The fourth-order valence-electron chi connectivity index (χ4n) is 1.70. The predicted molar refractivity (Wildman–Crippen MR) is 80.8 cm³/mol. The van der Waals surface area contributed by atoms with Crippen LogP contribution in [0.25, 0.3) is 0 Å². The Bertz CT molecular complexity index is 571. The van der Waals surface area contributed by atoms with Gasteiger partial charge in [0.1, 0.15) is 0 Å². The lowest BCUT2D eigenvalue weighted by molar-refractivity contribution is 1.39. The lowest BCUT2D eigenvalue weighted by Gasteiger charge is -2.01.